The number of carbonyl (C=O) groups excluding carboxylic acids is 4. The lowest BCUT2D eigenvalue weighted by atomic mass is 9.98. The Morgan fingerprint density at radius 3 is 1.93 bits per heavy atom. The van der Waals surface area contributed by atoms with Gasteiger partial charge in [0, 0.05) is 23.6 Å². The quantitative estimate of drug-likeness (QED) is 0.339. The molecule has 0 saturated heterocycles. The number of hydrogen-bond donors (Lipinski definition) is 0. The first kappa shape index (κ1) is 20.7. The van der Waals surface area contributed by atoms with Crippen LogP contribution in [0.3, 0.4) is 0 Å². The minimum absolute atomic E-state index is 0.0874. The summed E-state index contributed by atoms with van der Waals surface area (Å²) in [5, 5.41) is 0. The summed E-state index contributed by atoms with van der Waals surface area (Å²) in [5.74, 6) is -1.66. The first-order valence-electron chi connectivity index (χ1n) is 9.13. The third-order valence-corrected chi connectivity index (χ3v) is 4.20. The lowest BCUT2D eigenvalue weighted by Crippen LogP contribution is -2.17. The predicted molar refractivity (Wildman–Crippen MR) is 109 cm³/mol. The smallest absolute Gasteiger partial charge is 0.339 e. The van der Waals surface area contributed by atoms with Crippen LogP contribution in [0.4, 0.5) is 0 Å². The van der Waals surface area contributed by atoms with Crippen molar-refractivity contribution in [3.63, 3.8) is 0 Å². The van der Waals surface area contributed by atoms with Gasteiger partial charge in [-0.2, -0.15) is 0 Å². The topological polar surface area (TPSA) is 86.7 Å². The Labute approximate surface area is 173 Å². The zero-order valence-corrected chi connectivity index (χ0v) is 16.2. The van der Waals surface area contributed by atoms with Crippen molar-refractivity contribution in [3.05, 3.63) is 101 Å². The average molecular weight is 402 g/mol. The van der Waals surface area contributed by atoms with E-state index in [-0.39, 0.29) is 16.9 Å². The van der Waals surface area contributed by atoms with E-state index in [0.717, 1.165) is 0 Å². The lowest BCUT2D eigenvalue weighted by molar-refractivity contribution is -0.131. The van der Waals surface area contributed by atoms with Gasteiger partial charge < -0.3 is 9.47 Å². The zero-order valence-electron chi connectivity index (χ0n) is 16.2. The van der Waals surface area contributed by atoms with Crippen molar-refractivity contribution in [3.8, 4) is 5.75 Å². The molecule has 0 saturated carbocycles. The summed E-state index contributed by atoms with van der Waals surface area (Å²) in [7, 11) is 0. The molecular formula is C24H18O6. The number of ether oxygens (including phenoxy) is 2. The molecule has 0 spiro atoms. The van der Waals surface area contributed by atoms with E-state index in [0.29, 0.717) is 16.9 Å². The number of Topliss-reactive ketones (excluding diaryl/α,β-unsaturated/α-hetero) is 1. The summed E-state index contributed by atoms with van der Waals surface area (Å²) in [6.07, 6.45) is 0. The third-order valence-electron chi connectivity index (χ3n) is 4.20. The van der Waals surface area contributed by atoms with Crippen LogP contribution < -0.4 is 4.74 Å². The maximum atomic E-state index is 12.7. The SMILES string of the molecule is CC(=O)Oc1ccc(C(=O)COC(=O)c2ccccc2C(=O)c2ccccc2)cc1. The highest BCUT2D eigenvalue weighted by Gasteiger charge is 2.20. The maximum Gasteiger partial charge on any atom is 0.339 e. The van der Waals surface area contributed by atoms with Crippen LogP contribution in [-0.4, -0.2) is 30.1 Å². The molecule has 3 rings (SSSR count). The molecule has 30 heavy (non-hydrogen) atoms. The predicted octanol–water partition coefficient (Wildman–Crippen LogP) is 3.88. The van der Waals surface area contributed by atoms with Gasteiger partial charge in [-0.15, -0.1) is 0 Å². The fraction of sp³-hybridized carbons (Fsp3) is 0.0833. The summed E-state index contributed by atoms with van der Waals surface area (Å²) in [6.45, 7) is 0.790. The molecule has 6 nitrogen and oxygen atoms in total. The van der Waals surface area contributed by atoms with Gasteiger partial charge in [0.15, 0.2) is 18.2 Å². The summed E-state index contributed by atoms with van der Waals surface area (Å²) >= 11 is 0. The van der Waals surface area contributed by atoms with Gasteiger partial charge in [-0.05, 0) is 30.3 Å². The van der Waals surface area contributed by atoms with Crippen LogP contribution in [0.25, 0.3) is 0 Å². The minimum Gasteiger partial charge on any atom is -0.454 e. The second-order valence-electron chi connectivity index (χ2n) is 6.36. The number of hydrogen-bond acceptors (Lipinski definition) is 6. The molecular weight excluding hydrogens is 384 g/mol. The van der Waals surface area contributed by atoms with E-state index in [1.807, 2.05) is 0 Å². The van der Waals surface area contributed by atoms with Crippen molar-refractivity contribution in [1.82, 2.24) is 0 Å². The lowest BCUT2D eigenvalue weighted by Gasteiger charge is -2.09. The van der Waals surface area contributed by atoms with Crippen molar-refractivity contribution in [2.24, 2.45) is 0 Å². The number of ketones is 2. The van der Waals surface area contributed by atoms with Gasteiger partial charge >= 0.3 is 11.9 Å². The maximum absolute atomic E-state index is 12.7. The number of rotatable bonds is 7. The second kappa shape index (κ2) is 9.43. The van der Waals surface area contributed by atoms with E-state index in [9.17, 15) is 19.2 Å². The Kier molecular flexibility index (Phi) is 6.49. The van der Waals surface area contributed by atoms with Gasteiger partial charge in [0.05, 0.1) is 5.56 Å². The standard InChI is InChI=1S/C24H18O6/c1-16(25)30-19-13-11-17(12-14-19)22(26)15-29-24(28)21-10-6-5-9-20(21)23(27)18-7-3-2-4-8-18/h2-14H,15H2,1H3. The van der Waals surface area contributed by atoms with Crippen molar-refractivity contribution >= 4 is 23.5 Å². The van der Waals surface area contributed by atoms with Crippen LogP contribution in [0.5, 0.6) is 5.75 Å². The minimum atomic E-state index is -0.764. The molecule has 0 radical (unpaired) electrons. The summed E-state index contributed by atoms with van der Waals surface area (Å²) in [4.78, 5) is 48.5. The van der Waals surface area contributed by atoms with Gasteiger partial charge in [-0.25, -0.2) is 4.79 Å². The number of benzene rings is 3. The van der Waals surface area contributed by atoms with E-state index in [1.54, 1.807) is 48.5 Å². The number of carbonyl (C=O) groups is 4. The van der Waals surface area contributed by atoms with Crippen molar-refractivity contribution in [1.29, 1.82) is 0 Å². The van der Waals surface area contributed by atoms with Crippen molar-refractivity contribution in [2.45, 2.75) is 6.92 Å². The molecule has 0 bridgehead atoms. The monoisotopic (exact) mass is 402 g/mol. The third kappa shape index (κ3) is 5.05. The molecule has 0 aromatic heterocycles. The highest BCUT2D eigenvalue weighted by molar-refractivity contribution is 6.14. The Bertz CT molecular complexity index is 1080. The van der Waals surface area contributed by atoms with Gasteiger partial charge in [0.2, 0.25) is 0 Å². The molecule has 0 aliphatic heterocycles. The average Bonchev–Trinajstić information content (AvgIpc) is 2.77. The first-order chi connectivity index (χ1) is 14.5. The largest absolute Gasteiger partial charge is 0.454 e. The molecule has 0 fully saturated rings. The van der Waals surface area contributed by atoms with Crippen molar-refractivity contribution < 1.29 is 28.7 Å². The van der Waals surface area contributed by atoms with E-state index in [2.05, 4.69) is 0 Å². The van der Waals surface area contributed by atoms with Crippen LogP contribution in [0.2, 0.25) is 0 Å². The van der Waals surface area contributed by atoms with Crippen LogP contribution in [0.1, 0.15) is 43.6 Å². The Balaban J connectivity index is 1.69. The molecule has 0 unspecified atom stereocenters. The van der Waals surface area contributed by atoms with Crippen molar-refractivity contribution in [2.75, 3.05) is 6.61 Å². The van der Waals surface area contributed by atoms with Gasteiger partial charge in [0.25, 0.3) is 0 Å². The molecule has 0 amide bonds. The van der Waals surface area contributed by atoms with Crippen LogP contribution >= 0.6 is 0 Å². The van der Waals surface area contributed by atoms with Crippen LogP contribution in [0.15, 0.2) is 78.9 Å². The van der Waals surface area contributed by atoms with Gasteiger partial charge in [-0.1, -0.05) is 48.5 Å². The molecule has 3 aromatic rings. The van der Waals surface area contributed by atoms with E-state index in [4.69, 9.17) is 9.47 Å². The molecule has 0 aliphatic carbocycles. The molecule has 0 aliphatic rings. The Morgan fingerprint density at radius 2 is 1.30 bits per heavy atom. The first-order valence-corrected chi connectivity index (χ1v) is 9.13. The summed E-state index contributed by atoms with van der Waals surface area (Å²) in [6, 6.07) is 20.8. The summed E-state index contributed by atoms with van der Waals surface area (Å²) in [5.41, 5.74) is 1.03. The molecule has 6 heteroatoms. The van der Waals surface area contributed by atoms with Gasteiger partial charge in [-0.3, -0.25) is 14.4 Å². The molecule has 150 valence electrons. The zero-order chi connectivity index (χ0) is 21.5. The fourth-order valence-corrected chi connectivity index (χ4v) is 2.77. The van der Waals surface area contributed by atoms with Gasteiger partial charge in [0.1, 0.15) is 5.75 Å². The highest BCUT2D eigenvalue weighted by Crippen LogP contribution is 2.17. The molecule has 0 heterocycles. The normalized spacial score (nSPS) is 10.2. The highest BCUT2D eigenvalue weighted by atomic mass is 16.5. The molecule has 0 atom stereocenters. The van der Waals surface area contributed by atoms with E-state index in [1.165, 1.54) is 37.3 Å². The Morgan fingerprint density at radius 1 is 0.700 bits per heavy atom. The summed E-state index contributed by atoms with van der Waals surface area (Å²) < 4.78 is 10.0. The Hall–Kier alpha value is -4.06. The fourth-order valence-electron chi connectivity index (χ4n) is 2.77. The van der Waals surface area contributed by atoms with E-state index >= 15 is 0 Å². The number of esters is 2. The van der Waals surface area contributed by atoms with E-state index < -0.39 is 24.3 Å². The van der Waals surface area contributed by atoms with Crippen LogP contribution in [-0.2, 0) is 9.53 Å². The second-order valence-corrected chi connectivity index (χ2v) is 6.36. The van der Waals surface area contributed by atoms with Crippen LogP contribution in [0, 0.1) is 0 Å². The molecule has 0 N–H and O–H groups in total. The molecule has 3 aromatic carbocycles.